The molecule has 26 heavy (non-hydrogen) atoms. The predicted octanol–water partition coefficient (Wildman–Crippen LogP) is 2.23. The molecule has 2 aromatic rings. The molecule has 1 N–H and O–H groups in total. The minimum absolute atomic E-state index is 0.0383. The molecule has 6 nitrogen and oxygen atoms in total. The Hall–Kier alpha value is -2.67. The van der Waals surface area contributed by atoms with Crippen molar-refractivity contribution in [2.45, 2.75) is 12.8 Å². The largest absolute Gasteiger partial charge is 0.337 e. The molecule has 0 spiro atoms. The normalized spacial score (nSPS) is 16.8. The Morgan fingerprint density at radius 1 is 1.00 bits per heavy atom. The van der Waals surface area contributed by atoms with Crippen molar-refractivity contribution in [2.24, 2.45) is 0 Å². The summed E-state index contributed by atoms with van der Waals surface area (Å²) < 4.78 is 0. The number of hydrogen-bond acceptors (Lipinski definition) is 4. The van der Waals surface area contributed by atoms with Crippen LogP contribution >= 0.6 is 11.3 Å². The van der Waals surface area contributed by atoms with E-state index in [4.69, 9.17) is 0 Å². The van der Waals surface area contributed by atoms with Crippen molar-refractivity contribution < 1.29 is 14.4 Å². The first-order chi connectivity index (χ1) is 12.6. The molecule has 0 bridgehead atoms. The van der Waals surface area contributed by atoms with Gasteiger partial charge in [-0.3, -0.25) is 14.4 Å². The summed E-state index contributed by atoms with van der Waals surface area (Å²) in [5.74, 6) is -0.0453. The van der Waals surface area contributed by atoms with Gasteiger partial charge in [0.25, 0.3) is 11.8 Å². The van der Waals surface area contributed by atoms with E-state index in [-0.39, 0.29) is 17.7 Å². The topological polar surface area (TPSA) is 69.7 Å². The molecule has 2 aliphatic heterocycles. The van der Waals surface area contributed by atoms with Gasteiger partial charge in [-0.05, 0) is 41.6 Å². The second-order valence-electron chi connectivity index (χ2n) is 6.51. The summed E-state index contributed by atoms with van der Waals surface area (Å²) in [7, 11) is 0. The van der Waals surface area contributed by atoms with E-state index in [9.17, 15) is 14.4 Å². The van der Waals surface area contributed by atoms with Crippen LogP contribution in [0.3, 0.4) is 0 Å². The quantitative estimate of drug-likeness (QED) is 0.883. The fourth-order valence-corrected chi connectivity index (χ4v) is 4.12. The molecule has 3 amide bonds. The number of fused-ring (bicyclic) bond motifs is 1. The number of nitrogens with one attached hydrogen (secondary N) is 1. The van der Waals surface area contributed by atoms with Gasteiger partial charge in [0.15, 0.2) is 0 Å². The van der Waals surface area contributed by atoms with Gasteiger partial charge in [0.1, 0.15) is 0 Å². The lowest BCUT2D eigenvalue weighted by atomic mass is 10.1. The van der Waals surface area contributed by atoms with Gasteiger partial charge in [0.2, 0.25) is 5.91 Å². The molecule has 4 rings (SSSR count). The molecule has 1 aromatic heterocycles. The molecule has 0 unspecified atom stereocenters. The van der Waals surface area contributed by atoms with E-state index in [1.807, 2.05) is 22.4 Å². The summed E-state index contributed by atoms with van der Waals surface area (Å²) in [5, 5.41) is 4.67. The lowest BCUT2D eigenvalue weighted by Crippen LogP contribution is -2.37. The number of carbonyl (C=O) groups is 3. The Morgan fingerprint density at radius 2 is 1.77 bits per heavy atom. The van der Waals surface area contributed by atoms with Crippen molar-refractivity contribution in [1.82, 2.24) is 9.80 Å². The van der Waals surface area contributed by atoms with E-state index in [0.717, 1.165) is 22.5 Å². The number of carbonyl (C=O) groups excluding carboxylic acids is 3. The van der Waals surface area contributed by atoms with Gasteiger partial charge in [0.05, 0.1) is 11.3 Å². The van der Waals surface area contributed by atoms with Gasteiger partial charge in [-0.25, -0.2) is 0 Å². The number of thiophene rings is 1. The van der Waals surface area contributed by atoms with Crippen molar-refractivity contribution in [3.8, 4) is 0 Å². The van der Waals surface area contributed by atoms with E-state index < -0.39 is 0 Å². The summed E-state index contributed by atoms with van der Waals surface area (Å²) in [6.45, 7) is 2.34. The van der Waals surface area contributed by atoms with Gasteiger partial charge in [-0.1, -0.05) is 6.07 Å². The number of amides is 3. The van der Waals surface area contributed by atoms with Crippen LogP contribution in [0, 0.1) is 0 Å². The smallest absolute Gasteiger partial charge is 0.263 e. The fraction of sp³-hybridized carbons (Fsp3) is 0.316. The van der Waals surface area contributed by atoms with Crippen LogP contribution in [0.2, 0.25) is 0 Å². The molecule has 2 aliphatic rings. The highest BCUT2D eigenvalue weighted by Crippen LogP contribution is 2.24. The van der Waals surface area contributed by atoms with Gasteiger partial charge in [0, 0.05) is 37.4 Å². The number of rotatable bonds is 2. The highest BCUT2D eigenvalue weighted by molar-refractivity contribution is 7.12. The van der Waals surface area contributed by atoms with Crippen molar-refractivity contribution >= 4 is 34.7 Å². The van der Waals surface area contributed by atoms with Crippen molar-refractivity contribution in [3.63, 3.8) is 0 Å². The Balaban J connectivity index is 1.44. The zero-order valence-corrected chi connectivity index (χ0v) is 15.1. The third-order valence-corrected chi connectivity index (χ3v) is 5.64. The molecule has 1 fully saturated rings. The molecule has 134 valence electrons. The molecule has 1 aromatic carbocycles. The second kappa shape index (κ2) is 6.92. The molecular formula is C19H19N3O3S. The third kappa shape index (κ3) is 3.22. The van der Waals surface area contributed by atoms with Crippen LogP contribution in [0.15, 0.2) is 35.7 Å². The fourth-order valence-electron chi connectivity index (χ4n) is 3.42. The molecule has 0 atom stereocenters. The Kier molecular flexibility index (Phi) is 4.46. The first-order valence-electron chi connectivity index (χ1n) is 8.66. The summed E-state index contributed by atoms with van der Waals surface area (Å²) in [4.78, 5) is 41.2. The van der Waals surface area contributed by atoms with Crippen molar-refractivity contribution in [1.29, 1.82) is 0 Å². The molecule has 1 saturated heterocycles. The van der Waals surface area contributed by atoms with Crippen LogP contribution < -0.4 is 5.32 Å². The molecule has 7 heteroatoms. The van der Waals surface area contributed by atoms with E-state index in [2.05, 4.69) is 5.32 Å². The van der Waals surface area contributed by atoms with Crippen LogP contribution in [0.25, 0.3) is 0 Å². The van der Waals surface area contributed by atoms with E-state index in [0.29, 0.717) is 38.2 Å². The summed E-state index contributed by atoms with van der Waals surface area (Å²) in [6.07, 6.45) is 1.08. The van der Waals surface area contributed by atoms with Crippen LogP contribution in [-0.4, -0.2) is 53.7 Å². The zero-order valence-electron chi connectivity index (χ0n) is 14.2. The molecule has 0 saturated carbocycles. The highest BCUT2D eigenvalue weighted by Gasteiger charge is 2.25. The summed E-state index contributed by atoms with van der Waals surface area (Å²) in [5.41, 5.74) is 2.25. The average Bonchev–Trinajstić information content (AvgIpc) is 3.23. The minimum atomic E-state index is -0.0439. The summed E-state index contributed by atoms with van der Waals surface area (Å²) >= 11 is 1.44. The number of benzene rings is 1. The lowest BCUT2D eigenvalue weighted by molar-refractivity contribution is -0.115. The highest BCUT2D eigenvalue weighted by atomic mass is 32.1. The average molecular weight is 369 g/mol. The van der Waals surface area contributed by atoms with Crippen LogP contribution in [0.5, 0.6) is 0 Å². The first-order valence-corrected chi connectivity index (χ1v) is 9.54. The number of hydrogen-bond donors (Lipinski definition) is 1. The molecule has 0 aliphatic carbocycles. The lowest BCUT2D eigenvalue weighted by Gasteiger charge is -2.22. The predicted molar refractivity (Wildman–Crippen MR) is 99.5 cm³/mol. The Bertz CT molecular complexity index is 863. The SMILES string of the molecule is O=C1Cc2cc(C(=O)N3CCCN(C(=O)c4cccs4)CC3)ccc2N1. The monoisotopic (exact) mass is 369 g/mol. The van der Waals surface area contributed by atoms with Crippen LogP contribution in [0.1, 0.15) is 32.0 Å². The van der Waals surface area contributed by atoms with E-state index in [1.165, 1.54) is 11.3 Å². The van der Waals surface area contributed by atoms with E-state index in [1.54, 1.807) is 23.1 Å². The number of anilines is 1. The van der Waals surface area contributed by atoms with Gasteiger partial charge < -0.3 is 15.1 Å². The maximum absolute atomic E-state index is 12.9. The zero-order chi connectivity index (χ0) is 18.1. The van der Waals surface area contributed by atoms with Crippen LogP contribution in [-0.2, 0) is 11.2 Å². The first kappa shape index (κ1) is 16.8. The maximum atomic E-state index is 12.9. The van der Waals surface area contributed by atoms with Gasteiger partial charge in [-0.2, -0.15) is 0 Å². The third-order valence-electron chi connectivity index (χ3n) is 4.78. The standard InChI is InChI=1S/C19H19N3O3S/c23-17-12-14-11-13(4-5-15(14)20-17)18(24)21-6-2-7-22(9-8-21)19(25)16-3-1-10-26-16/h1,3-5,10-11H,2,6-9,12H2,(H,20,23). The maximum Gasteiger partial charge on any atom is 0.263 e. The van der Waals surface area contributed by atoms with E-state index >= 15 is 0 Å². The molecule has 3 heterocycles. The minimum Gasteiger partial charge on any atom is -0.337 e. The molecule has 0 radical (unpaired) electrons. The second-order valence-corrected chi connectivity index (χ2v) is 7.46. The van der Waals surface area contributed by atoms with Gasteiger partial charge >= 0.3 is 0 Å². The van der Waals surface area contributed by atoms with Crippen LogP contribution in [0.4, 0.5) is 5.69 Å². The number of nitrogens with zero attached hydrogens (tertiary/aromatic N) is 2. The Labute approximate surface area is 155 Å². The molecular weight excluding hydrogens is 350 g/mol. The van der Waals surface area contributed by atoms with Crippen molar-refractivity contribution in [2.75, 3.05) is 31.5 Å². The summed E-state index contributed by atoms with van der Waals surface area (Å²) in [6, 6.07) is 9.05. The Morgan fingerprint density at radius 3 is 2.50 bits per heavy atom. The van der Waals surface area contributed by atoms with Crippen molar-refractivity contribution in [3.05, 3.63) is 51.7 Å². The van der Waals surface area contributed by atoms with Gasteiger partial charge in [-0.15, -0.1) is 11.3 Å².